The van der Waals surface area contributed by atoms with Gasteiger partial charge in [-0.25, -0.2) is 15.0 Å². The zero-order chi connectivity index (χ0) is 19.1. The van der Waals surface area contributed by atoms with Gasteiger partial charge in [0.2, 0.25) is 0 Å². The highest BCUT2D eigenvalue weighted by molar-refractivity contribution is 5.92. The molecule has 0 aliphatic carbocycles. The summed E-state index contributed by atoms with van der Waals surface area (Å²) < 4.78 is 1.87. The first kappa shape index (κ1) is 16.7. The molecule has 2 bridgehead atoms. The first-order chi connectivity index (χ1) is 13.7. The third kappa shape index (κ3) is 2.77. The Balaban J connectivity index is 1.55. The highest BCUT2D eigenvalue weighted by atomic mass is 16.2. The quantitative estimate of drug-likeness (QED) is 0.672. The second-order valence-electron chi connectivity index (χ2n) is 7.31. The summed E-state index contributed by atoms with van der Waals surface area (Å²) in [7, 11) is 0. The number of amides is 1. The Hall–Kier alpha value is -3.42. The number of carbonyl (C=O) groups excluding carboxylic acids is 1. The van der Waals surface area contributed by atoms with Crippen molar-refractivity contribution in [1.82, 2.24) is 29.4 Å². The van der Waals surface area contributed by atoms with E-state index in [0.29, 0.717) is 25.3 Å². The van der Waals surface area contributed by atoms with Crippen molar-refractivity contribution in [2.45, 2.75) is 18.9 Å². The zero-order valence-corrected chi connectivity index (χ0v) is 15.1. The van der Waals surface area contributed by atoms with Crippen LogP contribution in [0.3, 0.4) is 0 Å². The molecule has 0 radical (unpaired) electrons. The van der Waals surface area contributed by atoms with E-state index in [0.717, 1.165) is 23.2 Å². The second kappa shape index (κ2) is 6.63. The molecule has 2 aliphatic rings. The van der Waals surface area contributed by atoms with E-state index in [-0.39, 0.29) is 23.3 Å². The minimum absolute atomic E-state index is 0.000924. The van der Waals surface area contributed by atoms with Crippen LogP contribution in [0.4, 0.5) is 0 Å². The summed E-state index contributed by atoms with van der Waals surface area (Å²) in [5.41, 5.74) is 3.15. The maximum absolute atomic E-state index is 12.9. The van der Waals surface area contributed by atoms with Crippen molar-refractivity contribution in [2.75, 3.05) is 13.1 Å². The average molecular weight is 374 g/mol. The van der Waals surface area contributed by atoms with Gasteiger partial charge in [0.05, 0.1) is 6.20 Å². The number of likely N-dealkylation sites (tertiary alicyclic amines) is 1. The van der Waals surface area contributed by atoms with Crippen LogP contribution in [0.15, 0.2) is 54.2 Å². The minimum Gasteiger partial charge on any atom is -0.336 e. The summed E-state index contributed by atoms with van der Waals surface area (Å²) in [5, 5.41) is 0. The van der Waals surface area contributed by atoms with E-state index in [9.17, 15) is 9.59 Å². The fourth-order valence-corrected chi connectivity index (χ4v) is 4.43. The number of hydrogen-bond donors (Lipinski definition) is 0. The maximum Gasteiger partial charge on any atom is 0.274 e. The van der Waals surface area contributed by atoms with E-state index >= 15 is 0 Å². The van der Waals surface area contributed by atoms with Crippen LogP contribution in [0.1, 0.15) is 28.5 Å². The van der Waals surface area contributed by atoms with E-state index in [1.165, 1.54) is 18.7 Å². The van der Waals surface area contributed by atoms with Gasteiger partial charge in [-0.3, -0.25) is 14.6 Å². The van der Waals surface area contributed by atoms with Gasteiger partial charge >= 0.3 is 0 Å². The molecule has 8 heteroatoms. The van der Waals surface area contributed by atoms with Crippen LogP contribution < -0.4 is 5.56 Å². The Morgan fingerprint density at radius 2 is 1.86 bits per heavy atom. The highest BCUT2D eigenvalue weighted by Crippen LogP contribution is 2.39. The monoisotopic (exact) mass is 374 g/mol. The lowest BCUT2D eigenvalue weighted by Gasteiger charge is -2.43. The van der Waals surface area contributed by atoms with Crippen molar-refractivity contribution in [3.63, 3.8) is 0 Å². The van der Waals surface area contributed by atoms with E-state index in [2.05, 4.69) is 19.9 Å². The molecule has 28 heavy (non-hydrogen) atoms. The molecule has 1 fully saturated rings. The molecule has 2 atom stereocenters. The SMILES string of the molecule is O=C(c1cnccn1)N1C[C@@H]2C[C@H](C1)c1c(-c3cncnc3)ccc(=O)n1C2. The van der Waals surface area contributed by atoms with E-state index < -0.39 is 0 Å². The number of pyridine rings is 1. The number of rotatable bonds is 2. The van der Waals surface area contributed by atoms with Gasteiger partial charge in [0.25, 0.3) is 11.5 Å². The van der Waals surface area contributed by atoms with Gasteiger partial charge in [-0.05, 0) is 18.4 Å². The topological polar surface area (TPSA) is 93.9 Å². The molecule has 8 nitrogen and oxygen atoms in total. The van der Waals surface area contributed by atoms with E-state index in [4.69, 9.17) is 0 Å². The van der Waals surface area contributed by atoms with Crippen molar-refractivity contribution in [3.05, 3.63) is 71.2 Å². The number of nitrogens with zero attached hydrogens (tertiary/aromatic N) is 6. The molecule has 5 heterocycles. The normalized spacial score (nSPS) is 20.5. The van der Waals surface area contributed by atoms with Crippen molar-refractivity contribution < 1.29 is 4.79 Å². The van der Waals surface area contributed by atoms with Gasteiger partial charge in [-0.2, -0.15) is 0 Å². The molecule has 0 unspecified atom stereocenters. The molecule has 0 N–H and O–H groups in total. The lowest BCUT2D eigenvalue weighted by molar-refractivity contribution is 0.0589. The van der Waals surface area contributed by atoms with Gasteiger partial charge in [0, 0.05) is 73.2 Å². The summed E-state index contributed by atoms with van der Waals surface area (Å²) in [6, 6.07) is 3.45. The van der Waals surface area contributed by atoms with Crippen LogP contribution in [-0.4, -0.2) is 48.4 Å². The van der Waals surface area contributed by atoms with Gasteiger partial charge in [-0.15, -0.1) is 0 Å². The van der Waals surface area contributed by atoms with Crippen LogP contribution in [-0.2, 0) is 6.54 Å². The number of fused-ring (bicyclic) bond motifs is 4. The number of hydrogen-bond acceptors (Lipinski definition) is 6. The smallest absolute Gasteiger partial charge is 0.274 e. The largest absolute Gasteiger partial charge is 0.336 e. The van der Waals surface area contributed by atoms with Gasteiger partial charge in [-0.1, -0.05) is 0 Å². The van der Waals surface area contributed by atoms with E-state index in [1.54, 1.807) is 24.7 Å². The van der Waals surface area contributed by atoms with Crippen LogP contribution in [0.2, 0.25) is 0 Å². The molecule has 1 amide bonds. The summed E-state index contributed by atoms with van der Waals surface area (Å²) in [6.45, 7) is 1.78. The molecule has 0 spiro atoms. The number of piperidine rings is 1. The fraction of sp³-hybridized carbons (Fsp3) is 0.300. The van der Waals surface area contributed by atoms with Crippen molar-refractivity contribution >= 4 is 5.91 Å². The predicted molar refractivity (Wildman–Crippen MR) is 101 cm³/mol. The Kier molecular flexibility index (Phi) is 3.96. The Morgan fingerprint density at radius 3 is 2.64 bits per heavy atom. The summed E-state index contributed by atoms with van der Waals surface area (Å²) in [6.07, 6.45) is 10.5. The zero-order valence-electron chi connectivity index (χ0n) is 15.1. The molecule has 2 aliphatic heterocycles. The molecule has 3 aromatic heterocycles. The lowest BCUT2D eigenvalue weighted by atomic mass is 9.80. The average Bonchev–Trinajstić information content (AvgIpc) is 2.75. The molecule has 0 aromatic carbocycles. The standard InChI is InChI=1S/C20H18N6O2/c27-18-2-1-16(15-6-22-12-23-7-15)19-14-5-13(10-26(18)19)9-25(11-14)20(28)17-8-21-3-4-24-17/h1-4,6-8,12-14H,5,9-11H2/t13-,14+/m0/s1. The first-order valence-electron chi connectivity index (χ1n) is 9.25. The fourth-order valence-electron chi connectivity index (χ4n) is 4.43. The van der Waals surface area contributed by atoms with Crippen molar-refractivity contribution in [2.24, 2.45) is 5.92 Å². The number of carbonyl (C=O) groups is 1. The Bertz CT molecular complexity index is 1080. The van der Waals surface area contributed by atoms with Crippen molar-refractivity contribution in [1.29, 1.82) is 0 Å². The molecule has 1 saturated heterocycles. The molecule has 3 aromatic rings. The van der Waals surface area contributed by atoms with Gasteiger partial charge < -0.3 is 9.47 Å². The minimum atomic E-state index is -0.112. The van der Waals surface area contributed by atoms with Gasteiger partial charge in [0.1, 0.15) is 12.0 Å². The first-order valence-corrected chi connectivity index (χ1v) is 9.25. The summed E-state index contributed by atoms with van der Waals surface area (Å²) in [5.74, 6) is 0.211. The Labute approximate surface area is 160 Å². The van der Waals surface area contributed by atoms with Crippen molar-refractivity contribution in [3.8, 4) is 11.1 Å². The third-order valence-corrected chi connectivity index (χ3v) is 5.53. The van der Waals surface area contributed by atoms with Crippen LogP contribution in [0.5, 0.6) is 0 Å². The van der Waals surface area contributed by atoms with Crippen LogP contribution in [0.25, 0.3) is 11.1 Å². The predicted octanol–water partition coefficient (Wildman–Crippen LogP) is 1.35. The summed E-state index contributed by atoms with van der Waals surface area (Å²) in [4.78, 5) is 43.7. The van der Waals surface area contributed by atoms with E-state index in [1.807, 2.05) is 15.5 Å². The molecule has 140 valence electrons. The van der Waals surface area contributed by atoms with Crippen LogP contribution >= 0.6 is 0 Å². The molecular weight excluding hydrogens is 356 g/mol. The third-order valence-electron chi connectivity index (χ3n) is 5.53. The lowest BCUT2D eigenvalue weighted by Crippen LogP contribution is -2.49. The number of aromatic nitrogens is 5. The maximum atomic E-state index is 12.9. The highest BCUT2D eigenvalue weighted by Gasteiger charge is 2.38. The molecule has 0 saturated carbocycles. The Morgan fingerprint density at radius 1 is 1.00 bits per heavy atom. The molecule has 5 rings (SSSR count). The van der Waals surface area contributed by atoms with Crippen LogP contribution in [0, 0.1) is 5.92 Å². The second-order valence-corrected chi connectivity index (χ2v) is 7.31. The summed E-state index contributed by atoms with van der Waals surface area (Å²) >= 11 is 0. The molecular formula is C20H18N6O2. The van der Waals surface area contributed by atoms with Gasteiger partial charge in [0.15, 0.2) is 0 Å².